The van der Waals surface area contributed by atoms with Gasteiger partial charge in [-0.25, -0.2) is 0 Å². The summed E-state index contributed by atoms with van der Waals surface area (Å²) in [5.74, 6) is 6.47. The first-order valence-electron chi connectivity index (χ1n) is 24.0. The summed E-state index contributed by atoms with van der Waals surface area (Å²) in [6, 6.07) is 0. The summed E-state index contributed by atoms with van der Waals surface area (Å²) in [6.07, 6.45) is 48.2. The largest absolute Gasteiger partial charge is 0.311 e. The molecule has 57 heavy (non-hydrogen) atoms. The lowest BCUT2D eigenvalue weighted by atomic mass is 9.88. The van der Waals surface area contributed by atoms with Crippen molar-refractivity contribution in [3.05, 3.63) is 56.7 Å². The van der Waals surface area contributed by atoms with E-state index in [0.717, 1.165) is 74.0 Å². The smallest absolute Gasteiger partial charge is 0.295 e. The second-order valence-electron chi connectivity index (χ2n) is 18.9. The van der Waals surface area contributed by atoms with Gasteiger partial charge in [-0.15, -0.1) is 20.2 Å². The fourth-order valence-electron chi connectivity index (χ4n) is 7.58. The molecule has 0 amide bonds. The fourth-order valence-corrected chi connectivity index (χ4v) is 7.58. The quantitative estimate of drug-likeness (QED) is 0.121. The van der Waals surface area contributed by atoms with Crippen molar-refractivity contribution in [2.24, 2.45) is 41.4 Å². The molecular weight excluding hydrogens is 713 g/mol. The van der Waals surface area contributed by atoms with Gasteiger partial charge in [-0.1, -0.05) is 200 Å². The minimum Gasteiger partial charge on any atom is -0.311 e. The molecule has 0 aromatic heterocycles. The van der Waals surface area contributed by atoms with Crippen LogP contribution in [0, 0.1) is 61.7 Å². The van der Waals surface area contributed by atoms with Crippen molar-refractivity contribution in [2.45, 2.75) is 234 Å². The van der Waals surface area contributed by atoms with E-state index < -0.39 is 10.2 Å². The van der Waals surface area contributed by atoms with Crippen LogP contribution in [0.4, 0.5) is 0 Å². The summed E-state index contributed by atoms with van der Waals surface area (Å²) in [5, 5.41) is 18.3. The van der Waals surface area contributed by atoms with Crippen LogP contribution in [-0.2, 0) is 9.68 Å². The average Bonchev–Trinajstić information content (AvgIpc) is 3.65. The van der Waals surface area contributed by atoms with Crippen molar-refractivity contribution in [3.8, 4) is 0 Å². The zero-order valence-electron chi connectivity index (χ0n) is 38.1. The molecule has 0 bridgehead atoms. The Balaban J connectivity index is 0.000000331. The van der Waals surface area contributed by atoms with Crippen molar-refractivity contribution in [1.82, 2.24) is 0 Å². The zero-order valence-corrected chi connectivity index (χ0v) is 38.1. The van der Waals surface area contributed by atoms with E-state index in [1.54, 1.807) is 6.08 Å². The fraction of sp³-hybridized carbons (Fsp3) is 0.878. The first-order chi connectivity index (χ1) is 27.3. The molecule has 5 fully saturated rings. The Hall–Kier alpha value is -2.38. The molecule has 0 N–H and O–H groups in total. The van der Waals surface area contributed by atoms with Gasteiger partial charge in [0.2, 0.25) is 0 Å². The third kappa shape index (κ3) is 35.3. The average molecular weight is 803 g/mol. The van der Waals surface area contributed by atoms with Gasteiger partial charge in [0, 0.05) is 0 Å². The molecular formula is C49H90N2O6. The Bertz CT molecular complexity index is 1050. The highest BCUT2D eigenvalue weighted by Gasteiger charge is 2.17. The Morgan fingerprint density at radius 2 is 0.807 bits per heavy atom. The van der Waals surface area contributed by atoms with Crippen molar-refractivity contribution in [3.63, 3.8) is 0 Å². The summed E-state index contributed by atoms with van der Waals surface area (Å²) >= 11 is 0. The minimum absolute atomic E-state index is 0.122. The molecule has 0 aliphatic heterocycles. The van der Waals surface area contributed by atoms with E-state index in [4.69, 9.17) is 0 Å². The van der Waals surface area contributed by atoms with E-state index in [1.807, 2.05) is 6.08 Å². The van der Waals surface area contributed by atoms with Gasteiger partial charge in [0.25, 0.3) is 10.2 Å². The van der Waals surface area contributed by atoms with Crippen LogP contribution in [0.25, 0.3) is 0 Å². The van der Waals surface area contributed by atoms with Crippen LogP contribution < -0.4 is 0 Å². The first kappa shape index (κ1) is 52.6. The van der Waals surface area contributed by atoms with E-state index in [-0.39, 0.29) is 12.2 Å². The van der Waals surface area contributed by atoms with Gasteiger partial charge in [-0.05, 0) is 99.2 Å². The van der Waals surface area contributed by atoms with Crippen LogP contribution in [0.2, 0.25) is 0 Å². The molecule has 0 saturated heterocycles. The third-order valence-corrected chi connectivity index (χ3v) is 12.4. The van der Waals surface area contributed by atoms with E-state index in [1.165, 1.54) is 135 Å². The van der Waals surface area contributed by atoms with E-state index in [2.05, 4.69) is 82.4 Å². The Labute approximate surface area is 351 Å². The van der Waals surface area contributed by atoms with Gasteiger partial charge in [-0.3, -0.25) is 0 Å². The summed E-state index contributed by atoms with van der Waals surface area (Å²) in [7, 11) is 0. The lowest BCUT2D eigenvalue weighted by molar-refractivity contribution is -0.769. The molecule has 332 valence electrons. The number of hydrogen-bond acceptors (Lipinski definition) is 6. The van der Waals surface area contributed by atoms with Crippen LogP contribution in [0.5, 0.6) is 0 Å². The molecule has 4 unspecified atom stereocenters. The molecule has 0 radical (unpaired) electrons. The second-order valence-corrected chi connectivity index (χ2v) is 18.9. The molecule has 0 heterocycles. The Kier molecular flexibility index (Phi) is 31.8. The molecule has 8 rings (SSSR count). The number of allylic oxidation sites excluding steroid dienone is 5. The van der Waals surface area contributed by atoms with Crippen LogP contribution >= 0.6 is 0 Å². The van der Waals surface area contributed by atoms with Crippen LogP contribution in [0.15, 0.2) is 36.5 Å². The first-order valence-corrected chi connectivity index (χ1v) is 24.0. The summed E-state index contributed by atoms with van der Waals surface area (Å²) in [6.45, 7) is 15.9. The highest BCUT2D eigenvalue weighted by molar-refractivity contribution is 4.97. The minimum atomic E-state index is -0.731. The van der Waals surface area contributed by atoms with E-state index >= 15 is 0 Å². The van der Waals surface area contributed by atoms with Gasteiger partial charge in [0.1, 0.15) is 12.2 Å². The highest BCUT2D eigenvalue weighted by atomic mass is 17.0. The topological polar surface area (TPSA) is 105 Å². The lowest BCUT2D eigenvalue weighted by Gasteiger charge is -2.18. The number of rotatable bonds is 4. The molecule has 0 aromatic carbocycles. The number of hydrogen-bond donors (Lipinski definition) is 0. The van der Waals surface area contributed by atoms with Gasteiger partial charge >= 0.3 is 0 Å². The van der Waals surface area contributed by atoms with Crippen LogP contribution in [-0.4, -0.2) is 22.4 Å². The van der Waals surface area contributed by atoms with Gasteiger partial charge < -0.3 is 9.68 Å². The van der Waals surface area contributed by atoms with Crippen LogP contribution in [0.1, 0.15) is 222 Å². The maximum Gasteiger partial charge on any atom is 0.295 e. The molecule has 8 aliphatic rings. The maximum atomic E-state index is 9.90. The van der Waals surface area contributed by atoms with E-state index in [0.29, 0.717) is 5.92 Å². The SMILES string of the molecule is CC1C=CC(O[N+](=O)[O-])CC1.CC1C=CCC1.CC1C=CCCC1.CC1CC1.CC1CCC1.CC1CCCC1.CC1CCCCCC1.O=[N+]([O-])OC1CCCCC1. The van der Waals surface area contributed by atoms with Crippen LogP contribution in [0.3, 0.4) is 0 Å². The molecule has 8 heteroatoms. The Morgan fingerprint density at radius 1 is 0.386 bits per heavy atom. The van der Waals surface area contributed by atoms with Gasteiger partial charge in [0.05, 0.1) is 0 Å². The monoisotopic (exact) mass is 803 g/mol. The molecule has 0 aromatic rings. The normalized spacial score (nSPS) is 26.8. The van der Waals surface area contributed by atoms with Crippen molar-refractivity contribution >= 4 is 0 Å². The summed E-state index contributed by atoms with van der Waals surface area (Å²) in [4.78, 5) is 28.5. The van der Waals surface area contributed by atoms with Gasteiger partial charge in [0.15, 0.2) is 0 Å². The Morgan fingerprint density at radius 3 is 1.11 bits per heavy atom. The lowest BCUT2D eigenvalue weighted by Crippen LogP contribution is -2.19. The van der Waals surface area contributed by atoms with Crippen molar-refractivity contribution in [2.75, 3.05) is 0 Å². The molecule has 0 spiro atoms. The number of nitrogens with zero attached hydrogens (tertiary/aromatic N) is 2. The third-order valence-electron chi connectivity index (χ3n) is 12.4. The van der Waals surface area contributed by atoms with Crippen molar-refractivity contribution in [1.29, 1.82) is 0 Å². The molecule has 8 nitrogen and oxygen atoms in total. The predicted molar refractivity (Wildman–Crippen MR) is 240 cm³/mol. The highest BCUT2D eigenvalue weighted by Crippen LogP contribution is 2.27. The van der Waals surface area contributed by atoms with E-state index in [9.17, 15) is 20.2 Å². The molecule has 8 aliphatic carbocycles. The zero-order chi connectivity index (χ0) is 42.1. The van der Waals surface area contributed by atoms with Crippen molar-refractivity contribution < 1.29 is 19.8 Å². The summed E-state index contributed by atoms with van der Waals surface area (Å²) < 4.78 is 0. The standard InChI is InChI=1S/C8H16.C7H11NO3.C7H12.C6H11NO3.C6H12.C6H10.C5H10.C4H8/c1-8-6-4-2-3-5-7-8;1-6-2-4-7(5-3-6)11-8(9)10;1-7-5-3-2-4-6-7;8-7(9)10-6-4-2-1-3-5-6;2*1-6-4-2-3-5-6;1-5-3-2-4-5;1-4-2-3-4/h8H,2-7H2,1H3;2,4,6-7H,3,5H2,1H3;3,5,7H,2,4,6H2,1H3;6H,1-5H2;6H,2-5H2,1H3;2,4,6H,3,5H2,1H3;5H,2-4H2,1H3;4H,2-3H2,1H3. The maximum absolute atomic E-state index is 9.90. The molecule has 5 saturated carbocycles. The van der Waals surface area contributed by atoms with Gasteiger partial charge in [-0.2, -0.15) is 0 Å². The predicted octanol–water partition coefficient (Wildman–Crippen LogP) is 15.8. The second kappa shape index (κ2) is 34.5. The molecule has 4 atom stereocenters. The summed E-state index contributed by atoms with van der Waals surface area (Å²) in [5.41, 5.74) is 0.